The zero-order valence-corrected chi connectivity index (χ0v) is 12.2. The Bertz CT molecular complexity index is 516. The first kappa shape index (κ1) is 16.6. The second-order valence-corrected chi connectivity index (χ2v) is 6.17. The minimum Gasteiger partial charge on any atom is -0.466 e. The lowest BCUT2D eigenvalue weighted by Crippen LogP contribution is -2.34. The minimum atomic E-state index is -3.53. The second-order valence-electron chi connectivity index (χ2n) is 4.24. The Morgan fingerprint density at radius 1 is 1.35 bits per heavy atom. The monoisotopic (exact) mass is 300 g/mol. The molecule has 0 bridgehead atoms. The molecule has 6 nitrogen and oxygen atoms in total. The highest BCUT2D eigenvalue weighted by atomic mass is 32.2. The van der Waals surface area contributed by atoms with Gasteiger partial charge < -0.3 is 10.5 Å². The lowest BCUT2D eigenvalue weighted by atomic mass is 10.1. The van der Waals surface area contributed by atoms with Gasteiger partial charge in [0.05, 0.1) is 18.8 Å². The van der Waals surface area contributed by atoms with Gasteiger partial charge in [-0.3, -0.25) is 4.79 Å². The number of sulfonamides is 1. The second kappa shape index (κ2) is 7.98. The van der Waals surface area contributed by atoms with Crippen LogP contribution in [-0.4, -0.2) is 33.3 Å². The van der Waals surface area contributed by atoms with Gasteiger partial charge in [-0.2, -0.15) is 0 Å². The number of ether oxygens (including phenoxy) is 1. The molecule has 0 spiro atoms. The molecule has 1 aromatic rings. The minimum absolute atomic E-state index is 0.0924. The highest BCUT2D eigenvalue weighted by molar-refractivity contribution is 7.89. The summed E-state index contributed by atoms with van der Waals surface area (Å²) < 4.78 is 30.5. The molecule has 0 heterocycles. The van der Waals surface area contributed by atoms with Crippen LogP contribution in [0.1, 0.15) is 24.9 Å². The van der Waals surface area contributed by atoms with Crippen LogP contribution in [0.4, 0.5) is 0 Å². The van der Waals surface area contributed by atoms with Crippen LogP contribution in [0.3, 0.4) is 0 Å². The highest BCUT2D eigenvalue weighted by Gasteiger charge is 2.15. The van der Waals surface area contributed by atoms with Crippen LogP contribution < -0.4 is 10.5 Å². The third-order valence-corrected chi connectivity index (χ3v) is 3.98. The molecule has 0 saturated heterocycles. The summed E-state index contributed by atoms with van der Waals surface area (Å²) in [7, 11) is -3.53. The summed E-state index contributed by atoms with van der Waals surface area (Å²) in [5, 5.41) is 0. The van der Waals surface area contributed by atoms with E-state index in [1.807, 2.05) is 30.3 Å². The maximum atomic E-state index is 11.7. The lowest BCUT2D eigenvalue weighted by Gasteiger charge is -2.13. The average Bonchev–Trinajstić information content (AvgIpc) is 2.44. The van der Waals surface area contributed by atoms with Crippen LogP contribution in [0, 0.1) is 0 Å². The highest BCUT2D eigenvalue weighted by Crippen LogP contribution is 2.08. The Kier molecular flexibility index (Phi) is 6.63. The molecule has 112 valence electrons. The van der Waals surface area contributed by atoms with Gasteiger partial charge in [0.25, 0.3) is 0 Å². The molecular weight excluding hydrogens is 280 g/mol. The third kappa shape index (κ3) is 6.14. The van der Waals surface area contributed by atoms with Crippen molar-refractivity contribution in [2.45, 2.75) is 19.4 Å². The van der Waals surface area contributed by atoms with Crippen molar-refractivity contribution in [1.29, 1.82) is 0 Å². The number of nitrogens with one attached hydrogen (secondary N) is 1. The number of hydrogen-bond acceptors (Lipinski definition) is 5. The molecule has 1 atom stereocenters. The summed E-state index contributed by atoms with van der Waals surface area (Å²) in [6.07, 6.45) is -0.163. The zero-order chi connectivity index (χ0) is 15.0. The van der Waals surface area contributed by atoms with Crippen LogP contribution in [0.25, 0.3) is 0 Å². The molecule has 0 aliphatic carbocycles. The van der Waals surface area contributed by atoms with E-state index in [1.165, 1.54) is 0 Å². The molecule has 7 heteroatoms. The van der Waals surface area contributed by atoms with Crippen molar-refractivity contribution in [3.63, 3.8) is 0 Å². The SMILES string of the molecule is CCOC(=O)CCS(=O)(=O)NCC(N)c1ccccc1. The number of carbonyl (C=O) groups is 1. The van der Waals surface area contributed by atoms with Crippen LogP contribution in [0.2, 0.25) is 0 Å². The molecule has 0 aromatic heterocycles. The average molecular weight is 300 g/mol. The first-order valence-corrected chi connectivity index (χ1v) is 8.03. The molecule has 0 saturated carbocycles. The predicted octanol–water partition coefficient (Wildman–Crippen LogP) is 0.559. The summed E-state index contributed by atoms with van der Waals surface area (Å²) in [4.78, 5) is 11.1. The van der Waals surface area contributed by atoms with Gasteiger partial charge in [0.2, 0.25) is 10.0 Å². The summed E-state index contributed by atoms with van der Waals surface area (Å²) >= 11 is 0. The van der Waals surface area contributed by atoms with E-state index in [4.69, 9.17) is 5.73 Å². The van der Waals surface area contributed by atoms with E-state index in [0.29, 0.717) is 0 Å². The molecule has 0 amide bonds. The fraction of sp³-hybridized carbons (Fsp3) is 0.462. The van der Waals surface area contributed by atoms with E-state index < -0.39 is 22.0 Å². The fourth-order valence-electron chi connectivity index (χ4n) is 1.56. The van der Waals surface area contributed by atoms with Crippen LogP contribution in [0.15, 0.2) is 30.3 Å². The van der Waals surface area contributed by atoms with E-state index in [0.717, 1.165) is 5.56 Å². The Morgan fingerprint density at radius 2 is 2.00 bits per heavy atom. The normalized spacial score (nSPS) is 12.9. The predicted molar refractivity (Wildman–Crippen MR) is 76.4 cm³/mol. The van der Waals surface area contributed by atoms with Crippen molar-refractivity contribution in [2.75, 3.05) is 18.9 Å². The van der Waals surface area contributed by atoms with Crippen molar-refractivity contribution in [3.05, 3.63) is 35.9 Å². The molecule has 0 radical (unpaired) electrons. The number of rotatable bonds is 8. The molecular formula is C13H20N2O4S. The quantitative estimate of drug-likeness (QED) is 0.683. The molecule has 0 aliphatic heterocycles. The van der Waals surface area contributed by atoms with Gasteiger partial charge >= 0.3 is 5.97 Å². The number of nitrogens with two attached hydrogens (primary N) is 1. The van der Waals surface area contributed by atoms with Crippen molar-refractivity contribution in [3.8, 4) is 0 Å². The van der Waals surface area contributed by atoms with Crippen molar-refractivity contribution in [1.82, 2.24) is 4.72 Å². The maximum absolute atomic E-state index is 11.7. The van der Waals surface area contributed by atoms with Crippen LogP contribution >= 0.6 is 0 Å². The molecule has 1 unspecified atom stereocenters. The smallest absolute Gasteiger partial charge is 0.306 e. The van der Waals surface area contributed by atoms with Gasteiger partial charge in [-0.1, -0.05) is 30.3 Å². The van der Waals surface area contributed by atoms with Gasteiger partial charge in [-0.25, -0.2) is 13.1 Å². The first-order valence-electron chi connectivity index (χ1n) is 6.38. The van der Waals surface area contributed by atoms with Gasteiger partial charge in [-0.15, -0.1) is 0 Å². The first-order chi connectivity index (χ1) is 9.44. The lowest BCUT2D eigenvalue weighted by molar-refractivity contribution is -0.142. The van der Waals surface area contributed by atoms with Crippen LogP contribution in [0.5, 0.6) is 0 Å². The van der Waals surface area contributed by atoms with Gasteiger partial charge in [-0.05, 0) is 12.5 Å². The van der Waals surface area contributed by atoms with E-state index >= 15 is 0 Å². The molecule has 0 fully saturated rings. The maximum Gasteiger partial charge on any atom is 0.306 e. The summed E-state index contributed by atoms with van der Waals surface area (Å²) in [5.74, 6) is -0.821. The summed E-state index contributed by atoms with van der Waals surface area (Å²) in [5.41, 5.74) is 6.74. The standard InChI is InChI=1S/C13H20N2O4S/c1-2-19-13(16)8-9-20(17,18)15-10-12(14)11-6-4-3-5-7-11/h3-7,12,15H,2,8-10,14H2,1H3. The van der Waals surface area contributed by atoms with Crippen LogP contribution in [-0.2, 0) is 19.6 Å². The Balaban J connectivity index is 2.41. The topological polar surface area (TPSA) is 98.5 Å². The van der Waals surface area contributed by atoms with E-state index in [1.54, 1.807) is 6.92 Å². The Morgan fingerprint density at radius 3 is 2.60 bits per heavy atom. The van der Waals surface area contributed by atoms with Gasteiger partial charge in [0.15, 0.2) is 0 Å². The van der Waals surface area contributed by atoms with Gasteiger partial charge in [0.1, 0.15) is 0 Å². The van der Waals surface area contributed by atoms with E-state index in [2.05, 4.69) is 9.46 Å². The zero-order valence-electron chi connectivity index (χ0n) is 11.4. The van der Waals surface area contributed by atoms with Gasteiger partial charge in [0, 0.05) is 12.6 Å². The summed E-state index contributed by atoms with van der Waals surface area (Å²) in [6.45, 7) is 2.00. The number of hydrogen-bond donors (Lipinski definition) is 2. The molecule has 3 N–H and O–H groups in total. The number of esters is 1. The molecule has 1 aromatic carbocycles. The Labute approximate surface area is 119 Å². The van der Waals surface area contributed by atoms with E-state index in [-0.39, 0.29) is 25.3 Å². The van der Waals surface area contributed by atoms with Crippen molar-refractivity contribution < 1.29 is 17.9 Å². The molecule has 0 aliphatic rings. The summed E-state index contributed by atoms with van der Waals surface area (Å²) in [6, 6.07) is 8.78. The molecule has 20 heavy (non-hydrogen) atoms. The largest absolute Gasteiger partial charge is 0.466 e. The third-order valence-electron chi connectivity index (χ3n) is 2.63. The van der Waals surface area contributed by atoms with Crippen molar-refractivity contribution in [2.24, 2.45) is 5.73 Å². The number of benzene rings is 1. The number of carbonyl (C=O) groups excluding carboxylic acids is 1. The van der Waals surface area contributed by atoms with E-state index in [9.17, 15) is 13.2 Å². The van der Waals surface area contributed by atoms with Crippen molar-refractivity contribution >= 4 is 16.0 Å². The molecule has 1 rings (SSSR count). The fourth-order valence-corrected chi connectivity index (χ4v) is 2.57. The Hall–Kier alpha value is -1.44.